The molecule has 2 rings (SSSR count). The lowest BCUT2D eigenvalue weighted by molar-refractivity contribution is 0.184. The monoisotopic (exact) mass is 254 g/mol. The van der Waals surface area contributed by atoms with Gasteiger partial charge in [-0.3, -0.25) is 0 Å². The van der Waals surface area contributed by atoms with Crippen LogP contribution in [0.5, 0.6) is 0 Å². The van der Waals surface area contributed by atoms with E-state index in [1.807, 2.05) is 18.2 Å². The molecule has 0 amide bonds. The first kappa shape index (κ1) is 12.7. The summed E-state index contributed by atoms with van der Waals surface area (Å²) < 4.78 is 0. The van der Waals surface area contributed by atoms with Crippen LogP contribution in [0.25, 0.3) is 0 Å². The van der Waals surface area contributed by atoms with Crippen molar-refractivity contribution >= 4 is 17.3 Å². The number of aliphatic hydroxyl groups is 1. The fourth-order valence-corrected chi connectivity index (χ4v) is 2.43. The summed E-state index contributed by atoms with van der Waals surface area (Å²) in [6.45, 7) is 6.41. The molecule has 0 radical (unpaired) electrons. The predicted octanol–water partition coefficient (Wildman–Crippen LogP) is 1.81. The first-order valence-corrected chi connectivity index (χ1v) is 6.37. The average molecular weight is 255 g/mol. The highest BCUT2D eigenvalue weighted by Gasteiger charge is 2.22. The van der Waals surface area contributed by atoms with Crippen LogP contribution in [-0.2, 0) is 0 Å². The van der Waals surface area contributed by atoms with Gasteiger partial charge in [0.05, 0.1) is 6.10 Å². The summed E-state index contributed by atoms with van der Waals surface area (Å²) in [5, 5.41) is 13.9. The maximum atomic E-state index is 9.86. The van der Waals surface area contributed by atoms with Gasteiger partial charge in [0.1, 0.15) is 0 Å². The molecule has 1 aromatic carbocycles. The predicted molar refractivity (Wildman–Crippen MR) is 71.9 cm³/mol. The van der Waals surface area contributed by atoms with Gasteiger partial charge in [-0.25, -0.2) is 0 Å². The number of aliphatic hydroxyl groups excluding tert-OH is 1. The highest BCUT2D eigenvalue weighted by molar-refractivity contribution is 6.30. The van der Waals surface area contributed by atoms with Crippen LogP contribution in [-0.4, -0.2) is 36.9 Å². The molecule has 1 aliphatic heterocycles. The molecule has 17 heavy (non-hydrogen) atoms. The van der Waals surface area contributed by atoms with Crippen LogP contribution in [0.15, 0.2) is 18.2 Å². The second-order valence-corrected chi connectivity index (χ2v) is 5.18. The summed E-state index contributed by atoms with van der Waals surface area (Å²) >= 11 is 6.06. The minimum absolute atomic E-state index is 0.335. The van der Waals surface area contributed by atoms with Crippen LogP contribution in [0.1, 0.15) is 12.5 Å². The van der Waals surface area contributed by atoms with Crippen molar-refractivity contribution < 1.29 is 5.11 Å². The van der Waals surface area contributed by atoms with Crippen LogP contribution in [0.4, 0.5) is 5.69 Å². The molecule has 1 saturated heterocycles. The van der Waals surface area contributed by atoms with Crippen molar-refractivity contribution in [3.8, 4) is 0 Å². The van der Waals surface area contributed by atoms with E-state index in [1.165, 1.54) is 5.56 Å². The van der Waals surface area contributed by atoms with Crippen LogP contribution in [0.3, 0.4) is 0 Å². The molecule has 2 unspecified atom stereocenters. The Hall–Kier alpha value is -0.770. The molecule has 0 aliphatic carbocycles. The molecule has 1 heterocycles. The zero-order valence-corrected chi connectivity index (χ0v) is 11.0. The van der Waals surface area contributed by atoms with Gasteiger partial charge in [0.25, 0.3) is 0 Å². The highest BCUT2D eigenvalue weighted by atomic mass is 35.5. The molecule has 1 aromatic rings. The summed E-state index contributed by atoms with van der Waals surface area (Å²) in [5.41, 5.74) is 2.31. The van der Waals surface area contributed by atoms with Crippen LogP contribution < -0.4 is 10.2 Å². The Morgan fingerprint density at radius 1 is 1.41 bits per heavy atom. The van der Waals surface area contributed by atoms with Gasteiger partial charge in [0, 0.05) is 36.4 Å². The number of anilines is 1. The SMILES string of the molecule is Cc1ccc(Cl)cc1N1CC(O)CNCC1C. The van der Waals surface area contributed by atoms with Crippen molar-refractivity contribution in [1.82, 2.24) is 5.32 Å². The third-order valence-electron chi connectivity index (χ3n) is 3.24. The topological polar surface area (TPSA) is 35.5 Å². The zero-order valence-electron chi connectivity index (χ0n) is 10.3. The Morgan fingerprint density at radius 2 is 2.18 bits per heavy atom. The maximum Gasteiger partial charge on any atom is 0.0839 e. The van der Waals surface area contributed by atoms with Gasteiger partial charge >= 0.3 is 0 Å². The molecular weight excluding hydrogens is 236 g/mol. The van der Waals surface area contributed by atoms with E-state index in [9.17, 15) is 5.11 Å². The van der Waals surface area contributed by atoms with Gasteiger partial charge in [-0.2, -0.15) is 0 Å². The van der Waals surface area contributed by atoms with Crippen molar-refractivity contribution in [1.29, 1.82) is 0 Å². The fraction of sp³-hybridized carbons (Fsp3) is 0.538. The molecule has 0 spiro atoms. The summed E-state index contributed by atoms with van der Waals surface area (Å²) in [4.78, 5) is 2.23. The van der Waals surface area contributed by atoms with E-state index in [0.29, 0.717) is 19.1 Å². The quantitative estimate of drug-likeness (QED) is 0.802. The minimum Gasteiger partial charge on any atom is -0.390 e. The lowest BCUT2D eigenvalue weighted by Gasteiger charge is -2.31. The highest BCUT2D eigenvalue weighted by Crippen LogP contribution is 2.26. The number of nitrogens with zero attached hydrogens (tertiary/aromatic N) is 1. The normalized spacial score (nSPS) is 25.8. The standard InChI is InChI=1S/C13H19ClN2O/c1-9-3-4-11(14)5-13(9)16-8-12(17)7-15-6-10(16)2/h3-5,10,12,15,17H,6-8H2,1-2H3. The number of aryl methyl sites for hydroxylation is 1. The fourth-order valence-electron chi connectivity index (χ4n) is 2.27. The van der Waals surface area contributed by atoms with Gasteiger partial charge in [-0.15, -0.1) is 0 Å². The van der Waals surface area contributed by atoms with Gasteiger partial charge < -0.3 is 15.3 Å². The van der Waals surface area contributed by atoms with Crippen molar-refractivity contribution in [2.75, 3.05) is 24.5 Å². The van der Waals surface area contributed by atoms with Crippen LogP contribution >= 0.6 is 11.6 Å². The summed E-state index contributed by atoms with van der Waals surface area (Å²) in [5.74, 6) is 0. The molecule has 94 valence electrons. The van der Waals surface area contributed by atoms with Gasteiger partial charge in [-0.05, 0) is 31.5 Å². The number of hydrogen-bond donors (Lipinski definition) is 2. The van der Waals surface area contributed by atoms with Crippen molar-refractivity contribution in [2.24, 2.45) is 0 Å². The Bertz CT molecular complexity index is 397. The Balaban J connectivity index is 2.32. The average Bonchev–Trinajstić information content (AvgIpc) is 2.44. The molecule has 4 heteroatoms. The Morgan fingerprint density at radius 3 is 2.94 bits per heavy atom. The molecule has 0 saturated carbocycles. The number of β-amino-alcohol motifs (C(OH)–C–C–N with tert-alkyl or cyclic N) is 1. The number of rotatable bonds is 1. The summed E-state index contributed by atoms with van der Waals surface area (Å²) in [6.07, 6.45) is -0.335. The second kappa shape index (κ2) is 5.25. The molecule has 0 aromatic heterocycles. The number of benzene rings is 1. The second-order valence-electron chi connectivity index (χ2n) is 4.74. The van der Waals surface area contributed by atoms with Gasteiger partial charge in [0.15, 0.2) is 0 Å². The molecular formula is C13H19ClN2O. The maximum absolute atomic E-state index is 9.86. The van der Waals surface area contributed by atoms with E-state index < -0.39 is 0 Å². The van der Waals surface area contributed by atoms with E-state index in [2.05, 4.69) is 24.1 Å². The smallest absolute Gasteiger partial charge is 0.0839 e. The molecule has 0 bridgehead atoms. The van der Waals surface area contributed by atoms with E-state index in [-0.39, 0.29) is 6.10 Å². The Labute approximate surface area is 107 Å². The lowest BCUT2D eigenvalue weighted by atomic mass is 10.1. The Kier molecular flexibility index (Phi) is 3.92. The number of nitrogens with one attached hydrogen (secondary N) is 1. The zero-order chi connectivity index (χ0) is 12.4. The minimum atomic E-state index is -0.335. The number of halogens is 1. The summed E-state index contributed by atoms with van der Waals surface area (Å²) in [7, 11) is 0. The molecule has 1 fully saturated rings. The molecule has 2 atom stereocenters. The molecule has 3 nitrogen and oxygen atoms in total. The van der Waals surface area contributed by atoms with Gasteiger partial charge in [0.2, 0.25) is 0 Å². The van der Waals surface area contributed by atoms with E-state index in [1.54, 1.807) is 0 Å². The largest absolute Gasteiger partial charge is 0.390 e. The van der Waals surface area contributed by atoms with Crippen molar-refractivity contribution in [3.05, 3.63) is 28.8 Å². The van der Waals surface area contributed by atoms with Gasteiger partial charge in [-0.1, -0.05) is 17.7 Å². The number of hydrogen-bond acceptors (Lipinski definition) is 3. The first-order chi connectivity index (χ1) is 8.08. The molecule has 2 N–H and O–H groups in total. The van der Waals surface area contributed by atoms with Crippen molar-refractivity contribution in [3.63, 3.8) is 0 Å². The van der Waals surface area contributed by atoms with E-state index in [4.69, 9.17) is 11.6 Å². The summed E-state index contributed by atoms with van der Waals surface area (Å²) in [6, 6.07) is 6.25. The molecule has 1 aliphatic rings. The van der Waals surface area contributed by atoms with Crippen molar-refractivity contribution in [2.45, 2.75) is 26.0 Å². The van der Waals surface area contributed by atoms with E-state index >= 15 is 0 Å². The first-order valence-electron chi connectivity index (χ1n) is 5.99. The third-order valence-corrected chi connectivity index (χ3v) is 3.47. The van der Waals surface area contributed by atoms with Crippen LogP contribution in [0.2, 0.25) is 5.02 Å². The van der Waals surface area contributed by atoms with Crippen LogP contribution in [0, 0.1) is 6.92 Å². The third kappa shape index (κ3) is 2.92. The van der Waals surface area contributed by atoms with E-state index in [0.717, 1.165) is 17.3 Å². The lowest BCUT2D eigenvalue weighted by Crippen LogP contribution is -2.39.